The molecule has 0 unspecified atom stereocenters. The maximum Gasteiger partial charge on any atom is 0.272 e. The summed E-state index contributed by atoms with van der Waals surface area (Å²) in [4.78, 5) is 14.8. The number of carbonyl (C=O) groups is 1. The Bertz CT molecular complexity index is 643. The zero-order chi connectivity index (χ0) is 15.4. The monoisotopic (exact) mass is 300 g/mol. The summed E-state index contributed by atoms with van der Waals surface area (Å²) in [5.74, 6) is -0.0875. The molecule has 1 aromatic carbocycles. The molecule has 1 aliphatic heterocycles. The van der Waals surface area contributed by atoms with Crippen LogP contribution in [-0.2, 0) is 0 Å². The Balaban J connectivity index is 1.51. The van der Waals surface area contributed by atoms with Gasteiger partial charge in [0.15, 0.2) is 5.69 Å². The molecule has 22 heavy (non-hydrogen) atoms. The van der Waals surface area contributed by atoms with Crippen molar-refractivity contribution in [1.29, 1.82) is 0 Å². The Morgan fingerprint density at radius 1 is 1.32 bits per heavy atom. The molecule has 1 aliphatic rings. The van der Waals surface area contributed by atoms with Crippen LogP contribution in [0.4, 0.5) is 0 Å². The number of likely N-dealkylation sites (tertiary alicyclic amines) is 1. The molecule has 1 fully saturated rings. The van der Waals surface area contributed by atoms with Crippen molar-refractivity contribution in [1.82, 2.24) is 20.4 Å². The van der Waals surface area contributed by atoms with E-state index in [1.54, 1.807) is 0 Å². The van der Waals surface area contributed by atoms with Crippen LogP contribution in [0.15, 0.2) is 18.2 Å². The van der Waals surface area contributed by atoms with Gasteiger partial charge in [0.05, 0.1) is 5.52 Å². The van der Waals surface area contributed by atoms with Crippen LogP contribution >= 0.6 is 0 Å². The van der Waals surface area contributed by atoms with Crippen molar-refractivity contribution < 1.29 is 4.79 Å². The van der Waals surface area contributed by atoms with Crippen molar-refractivity contribution in [2.45, 2.75) is 32.6 Å². The van der Waals surface area contributed by atoms with Gasteiger partial charge in [0.2, 0.25) is 0 Å². The Hall–Kier alpha value is -1.88. The number of fused-ring (bicyclic) bond motifs is 1. The van der Waals surface area contributed by atoms with E-state index in [-0.39, 0.29) is 5.91 Å². The third-order valence-corrected chi connectivity index (χ3v) is 4.32. The summed E-state index contributed by atoms with van der Waals surface area (Å²) in [7, 11) is 0. The summed E-state index contributed by atoms with van der Waals surface area (Å²) in [6, 6.07) is 5.98. The van der Waals surface area contributed by atoms with Gasteiger partial charge in [-0.1, -0.05) is 18.1 Å². The molecule has 1 amide bonds. The number of aromatic nitrogens is 2. The molecule has 0 atom stereocenters. The van der Waals surface area contributed by atoms with E-state index in [4.69, 9.17) is 0 Å². The quantitative estimate of drug-likeness (QED) is 0.834. The second-order valence-corrected chi connectivity index (χ2v) is 6.13. The van der Waals surface area contributed by atoms with Gasteiger partial charge < -0.3 is 10.2 Å². The number of H-pyrrole nitrogens is 1. The lowest BCUT2D eigenvalue weighted by Gasteiger charge is -2.26. The van der Waals surface area contributed by atoms with Crippen LogP contribution in [0.2, 0.25) is 0 Å². The normalized spacial score (nSPS) is 16.0. The number of hydrogen-bond acceptors (Lipinski definition) is 3. The molecule has 0 bridgehead atoms. The van der Waals surface area contributed by atoms with Gasteiger partial charge >= 0.3 is 0 Å². The van der Waals surface area contributed by atoms with Gasteiger partial charge in [-0.05, 0) is 58.0 Å². The molecule has 1 saturated heterocycles. The summed E-state index contributed by atoms with van der Waals surface area (Å²) < 4.78 is 0. The lowest BCUT2D eigenvalue weighted by Crippen LogP contribution is -2.33. The van der Waals surface area contributed by atoms with Crippen LogP contribution in [0, 0.1) is 6.92 Å². The van der Waals surface area contributed by atoms with Crippen LogP contribution in [0.3, 0.4) is 0 Å². The predicted molar refractivity (Wildman–Crippen MR) is 88.1 cm³/mol. The first-order valence-corrected chi connectivity index (χ1v) is 8.19. The summed E-state index contributed by atoms with van der Waals surface area (Å²) in [5, 5.41) is 11.0. The maximum atomic E-state index is 12.3. The first-order valence-electron chi connectivity index (χ1n) is 8.19. The molecule has 0 radical (unpaired) electrons. The maximum absolute atomic E-state index is 12.3. The van der Waals surface area contributed by atoms with Crippen LogP contribution in [-0.4, -0.2) is 47.2 Å². The fourth-order valence-corrected chi connectivity index (χ4v) is 3.07. The van der Waals surface area contributed by atoms with Crippen molar-refractivity contribution in [3.63, 3.8) is 0 Å². The number of aryl methyl sites for hydroxylation is 1. The second kappa shape index (κ2) is 6.92. The van der Waals surface area contributed by atoms with Gasteiger partial charge in [-0.25, -0.2) is 0 Å². The van der Waals surface area contributed by atoms with Crippen LogP contribution in [0.1, 0.15) is 41.7 Å². The molecule has 5 nitrogen and oxygen atoms in total. The van der Waals surface area contributed by atoms with Gasteiger partial charge in [-0.2, -0.15) is 5.10 Å². The van der Waals surface area contributed by atoms with E-state index in [1.165, 1.54) is 32.4 Å². The standard InChI is InChI=1S/C17H24N4O/c1-13-6-7-15-14(12-13)16(20-19-15)17(22)18-8-5-11-21-9-3-2-4-10-21/h6-7,12H,2-5,8-11H2,1H3,(H,18,22)(H,19,20). The molecule has 0 saturated carbocycles. The lowest BCUT2D eigenvalue weighted by atomic mass is 10.1. The van der Waals surface area contributed by atoms with E-state index in [2.05, 4.69) is 20.4 Å². The van der Waals surface area contributed by atoms with Gasteiger partial charge in [0.1, 0.15) is 0 Å². The average molecular weight is 300 g/mol. The zero-order valence-corrected chi connectivity index (χ0v) is 13.2. The molecule has 3 rings (SSSR count). The molecule has 2 heterocycles. The first-order chi connectivity index (χ1) is 10.7. The molecule has 0 aliphatic carbocycles. The summed E-state index contributed by atoms with van der Waals surface area (Å²) >= 11 is 0. The number of benzene rings is 1. The SMILES string of the molecule is Cc1ccc2[nH]nc(C(=O)NCCCN3CCCCC3)c2c1. The van der Waals surface area contributed by atoms with Crippen molar-refractivity contribution in [3.8, 4) is 0 Å². The minimum atomic E-state index is -0.0875. The second-order valence-electron chi connectivity index (χ2n) is 6.13. The van der Waals surface area contributed by atoms with Crippen molar-refractivity contribution in [2.75, 3.05) is 26.2 Å². The van der Waals surface area contributed by atoms with Crippen LogP contribution in [0.5, 0.6) is 0 Å². The summed E-state index contributed by atoms with van der Waals surface area (Å²) in [6.07, 6.45) is 4.97. The fourth-order valence-electron chi connectivity index (χ4n) is 3.07. The highest BCUT2D eigenvalue weighted by Crippen LogP contribution is 2.17. The molecule has 5 heteroatoms. The highest BCUT2D eigenvalue weighted by Gasteiger charge is 2.14. The number of aromatic amines is 1. The first kappa shape index (κ1) is 15.0. The Kier molecular flexibility index (Phi) is 4.73. The topological polar surface area (TPSA) is 61.0 Å². The van der Waals surface area contributed by atoms with E-state index in [0.29, 0.717) is 12.2 Å². The molecule has 1 aromatic heterocycles. The predicted octanol–water partition coefficient (Wildman–Crippen LogP) is 2.48. The largest absolute Gasteiger partial charge is 0.351 e. The smallest absolute Gasteiger partial charge is 0.272 e. The van der Waals surface area contributed by atoms with Crippen molar-refractivity contribution in [2.24, 2.45) is 0 Å². The van der Waals surface area contributed by atoms with Gasteiger partial charge in [-0.3, -0.25) is 9.89 Å². The Morgan fingerprint density at radius 2 is 2.14 bits per heavy atom. The average Bonchev–Trinajstić information content (AvgIpc) is 2.95. The van der Waals surface area contributed by atoms with Crippen LogP contribution < -0.4 is 5.32 Å². The molecular formula is C17H24N4O. The highest BCUT2D eigenvalue weighted by molar-refractivity contribution is 6.04. The van der Waals surface area contributed by atoms with Gasteiger partial charge in [-0.15, -0.1) is 0 Å². The van der Waals surface area contributed by atoms with E-state index in [1.807, 2.05) is 25.1 Å². The minimum absolute atomic E-state index is 0.0875. The van der Waals surface area contributed by atoms with E-state index < -0.39 is 0 Å². The molecular weight excluding hydrogens is 276 g/mol. The van der Waals surface area contributed by atoms with Crippen molar-refractivity contribution in [3.05, 3.63) is 29.5 Å². The lowest BCUT2D eigenvalue weighted by molar-refractivity contribution is 0.0947. The number of nitrogens with one attached hydrogen (secondary N) is 2. The highest BCUT2D eigenvalue weighted by atomic mass is 16.1. The number of amides is 1. The number of hydrogen-bond donors (Lipinski definition) is 2. The Labute approximate surface area is 131 Å². The number of carbonyl (C=O) groups excluding carboxylic acids is 1. The molecule has 2 N–H and O–H groups in total. The molecule has 118 valence electrons. The van der Waals surface area contributed by atoms with Crippen LogP contribution in [0.25, 0.3) is 10.9 Å². The molecule has 0 spiro atoms. The Morgan fingerprint density at radius 3 is 2.95 bits per heavy atom. The number of nitrogens with zero attached hydrogens (tertiary/aromatic N) is 2. The third-order valence-electron chi connectivity index (χ3n) is 4.32. The van der Waals surface area contributed by atoms with E-state index >= 15 is 0 Å². The minimum Gasteiger partial charge on any atom is -0.351 e. The summed E-state index contributed by atoms with van der Waals surface area (Å²) in [5.41, 5.74) is 2.54. The van der Waals surface area contributed by atoms with Gasteiger partial charge in [0, 0.05) is 11.9 Å². The van der Waals surface area contributed by atoms with E-state index in [0.717, 1.165) is 29.4 Å². The third kappa shape index (κ3) is 3.47. The fraction of sp³-hybridized carbons (Fsp3) is 0.529. The number of piperidine rings is 1. The van der Waals surface area contributed by atoms with Gasteiger partial charge in [0.25, 0.3) is 5.91 Å². The zero-order valence-electron chi connectivity index (χ0n) is 13.2. The van der Waals surface area contributed by atoms with Crippen molar-refractivity contribution >= 4 is 16.8 Å². The summed E-state index contributed by atoms with van der Waals surface area (Å²) in [6.45, 7) is 6.21. The number of rotatable bonds is 5. The molecule has 2 aromatic rings. The van der Waals surface area contributed by atoms with E-state index in [9.17, 15) is 4.79 Å².